The number of hydrogen-bond acceptors (Lipinski definition) is 3. The van der Waals surface area contributed by atoms with Crippen LogP contribution in [0.1, 0.15) is 48.0 Å². The first-order chi connectivity index (χ1) is 11.3. The van der Waals surface area contributed by atoms with E-state index in [0.29, 0.717) is 17.5 Å². The lowest BCUT2D eigenvalue weighted by atomic mass is 9.75. The van der Waals surface area contributed by atoms with Gasteiger partial charge in [-0.3, -0.25) is 9.59 Å². The van der Waals surface area contributed by atoms with Gasteiger partial charge in [0.2, 0.25) is 0 Å². The Balaban J connectivity index is 1.54. The summed E-state index contributed by atoms with van der Waals surface area (Å²) in [4.78, 5) is 23.5. The Morgan fingerprint density at radius 2 is 1.83 bits per heavy atom. The Bertz CT molecular complexity index is 638. The molecule has 3 rings (SSSR count). The number of hydrogen-bond donors (Lipinski definition) is 3. The summed E-state index contributed by atoms with van der Waals surface area (Å²) in [5.74, 6) is -5.43. The number of carbonyl (C=O) groups is 2. The lowest BCUT2D eigenvalue weighted by Crippen LogP contribution is -2.60. The zero-order valence-corrected chi connectivity index (χ0v) is 13.1. The molecule has 3 N–H and O–H groups in total. The maximum absolute atomic E-state index is 13.9. The van der Waals surface area contributed by atoms with Crippen LogP contribution in [0.3, 0.4) is 0 Å². The lowest BCUT2D eigenvalue weighted by Gasteiger charge is -2.41. The van der Waals surface area contributed by atoms with Crippen LogP contribution in [0.15, 0.2) is 24.3 Å². The van der Waals surface area contributed by atoms with Crippen molar-refractivity contribution in [2.24, 2.45) is 0 Å². The molecule has 0 unspecified atom stereocenters. The fraction of sp³-hybridized carbons (Fsp3) is 0.529. The van der Waals surface area contributed by atoms with Gasteiger partial charge in [0.15, 0.2) is 0 Å². The minimum Gasteiger partial charge on any atom is -0.383 e. The van der Waals surface area contributed by atoms with Gasteiger partial charge in [-0.15, -0.1) is 0 Å². The molecule has 0 aliphatic heterocycles. The van der Waals surface area contributed by atoms with Crippen molar-refractivity contribution in [3.63, 3.8) is 0 Å². The Morgan fingerprint density at radius 1 is 1.21 bits per heavy atom. The summed E-state index contributed by atoms with van der Waals surface area (Å²) in [5, 5.41) is 14.7. The summed E-state index contributed by atoms with van der Waals surface area (Å²) in [7, 11) is 0. The molecular weight excluding hydrogens is 318 g/mol. The van der Waals surface area contributed by atoms with Gasteiger partial charge in [0.25, 0.3) is 11.8 Å². The van der Waals surface area contributed by atoms with Crippen LogP contribution in [-0.4, -0.2) is 34.5 Å². The molecule has 24 heavy (non-hydrogen) atoms. The maximum atomic E-state index is 13.9. The molecule has 2 fully saturated rings. The molecule has 2 aliphatic carbocycles. The van der Waals surface area contributed by atoms with Crippen molar-refractivity contribution >= 4 is 11.8 Å². The van der Waals surface area contributed by atoms with E-state index >= 15 is 0 Å². The SMILES string of the molecule is O=C(NC1CC1)c1ccc(CNC(=O)C(F)(F)C2(O)CCC2)cc1. The number of nitrogens with one attached hydrogen (secondary N) is 2. The summed E-state index contributed by atoms with van der Waals surface area (Å²) in [6.07, 6.45) is 2.34. The van der Waals surface area contributed by atoms with E-state index in [-0.39, 0.29) is 31.3 Å². The summed E-state index contributed by atoms with van der Waals surface area (Å²) in [5.41, 5.74) is -1.13. The molecule has 2 amide bonds. The highest BCUT2D eigenvalue weighted by atomic mass is 19.3. The molecule has 2 aliphatic rings. The summed E-state index contributed by atoms with van der Waals surface area (Å²) < 4.78 is 27.9. The second-order valence-electron chi connectivity index (χ2n) is 6.59. The molecular formula is C17H20F2N2O3. The second kappa shape index (κ2) is 6.12. The summed E-state index contributed by atoms with van der Waals surface area (Å²) in [6.45, 7) is -0.0883. The standard InChI is InChI=1S/C17H20F2N2O3/c18-17(19,16(24)8-1-9-16)15(23)20-10-11-2-4-12(5-3-11)14(22)21-13-6-7-13/h2-5,13,24H,1,6-10H2,(H,20,23)(H,21,22). The minimum atomic E-state index is -3.80. The number of carbonyl (C=O) groups excluding carboxylic acids is 2. The monoisotopic (exact) mass is 338 g/mol. The first kappa shape index (κ1) is 16.8. The Hall–Kier alpha value is -2.02. The average Bonchev–Trinajstić information content (AvgIpc) is 3.34. The van der Waals surface area contributed by atoms with Crippen molar-refractivity contribution in [3.8, 4) is 0 Å². The molecule has 7 heteroatoms. The molecule has 1 aromatic rings. The molecule has 5 nitrogen and oxygen atoms in total. The summed E-state index contributed by atoms with van der Waals surface area (Å²) in [6, 6.07) is 6.67. The third-order valence-corrected chi connectivity index (χ3v) is 4.63. The quantitative estimate of drug-likeness (QED) is 0.739. The topological polar surface area (TPSA) is 78.4 Å². The van der Waals surface area contributed by atoms with Crippen LogP contribution in [-0.2, 0) is 11.3 Å². The van der Waals surface area contributed by atoms with Crippen molar-refractivity contribution in [2.75, 3.05) is 0 Å². The zero-order chi connectivity index (χ0) is 17.4. The van der Waals surface area contributed by atoms with Crippen LogP contribution < -0.4 is 10.6 Å². The largest absolute Gasteiger partial charge is 0.383 e. The van der Waals surface area contributed by atoms with Crippen LogP contribution in [0, 0.1) is 0 Å². The number of aliphatic hydroxyl groups is 1. The van der Waals surface area contributed by atoms with Crippen molar-refractivity contribution in [3.05, 3.63) is 35.4 Å². The van der Waals surface area contributed by atoms with Crippen LogP contribution in [0.25, 0.3) is 0 Å². The van der Waals surface area contributed by atoms with Crippen molar-refractivity contribution < 1.29 is 23.5 Å². The number of amides is 2. The van der Waals surface area contributed by atoms with E-state index in [1.807, 2.05) is 0 Å². The highest BCUT2D eigenvalue weighted by Gasteiger charge is 2.61. The van der Waals surface area contributed by atoms with E-state index in [1.54, 1.807) is 24.3 Å². The van der Waals surface area contributed by atoms with Gasteiger partial charge in [-0.25, -0.2) is 0 Å². The highest BCUT2D eigenvalue weighted by molar-refractivity contribution is 5.94. The van der Waals surface area contributed by atoms with E-state index in [4.69, 9.17) is 0 Å². The van der Waals surface area contributed by atoms with Gasteiger partial charge in [0, 0.05) is 18.2 Å². The van der Waals surface area contributed by atoms with E-state index in [9.17, 15) is 23.5 Å². The third-order valence-electron chi connectivity index (χ3n) is 4.63. The number of benzene rings is 1. The van der Waals surface area contributed by atoms with Crippen molar-refractivity contribution in [1.29, 1.82) is 0 Å². The van der Waals surface area contributed by atoms with Crippen LogP contribution in [0.4, 0.5) is 8.78 Å². The fourth-order valence-electron chi connectivity index (χ4n) is 2.60. The first-order valence-electron chi connectivity index (χ1n) is 8.10. The van der Waals surface area contributed by atoms with E-state index in [0.717, 1.165) is 12.8 Å². The zero-order valence-electron chi connectivity index (χ0n) is 13.1. The van der Waals surface area contributed by atoms with E-state index < -0.39 is 17.4 Å². The normalized spacial score (nSPS) is 19.3. The van der Waals surface area contributed by atoms with Crippen molar-refractivity contribution in [1.82, 2.24) is 10.6 Å². The van der Waals surface area contributed by atoms with Gasteiger partial charge in [-0.05, 0) is 49.8 Å². The molecule has 0 heterocycles. The molecule has 0 spiro atoms. The first-order valence-corrected chi connectivity index (χ1v) is 8.10. The van der Waals surface area contributed by atoms with Crippen LogP contribution in [0.5, 0.6) is 0 Å². The van der Waals surface area contributed by atoms with E-state index in [2.05, 4.69) is 10.6 Å². The van der Waals surface area contributed by atoms with Gasteiger partial charge in [-0.2, -0.15) is 8.78 Å². The predicted molar refractivity (Wildman–Crippen MR) is 82.5 cm³/mol. The van der Waals surface area contributed by atoms with Gasteiger partial charge in [0.05, 0.1) is 0 Å². The molecule has 0 aromatic heterocycles. The molecule has 0 radical (unpaired) electrons. The molecule has 0 bridgehead atoms. The number of rotatable bonds is 6. The smallest absolute Gasteiger partial charge is 0.352 e. The van der Waals surface area contributed by atoms with Gasteiger partial charge >= 0.3 is 5.92 Å². The lowest BCUT2D eigenvalue weighted by molar-refractivity contribution is -0.216. The highest BCUT2D eigenvalue weighted by Crippen LogP contribution is 2.44. The third kappa shape index (κ3) is 3.26. The van der Waals surface area contributed by atoms with Crippen molar-refractivity contribution in [2.45, 2.75) is 56.2 Å². The van der Waals surface area contributed by atoms with Crippen LogP contribution >= 0.6 is 0 Å². The molecule has 0 saturated heterocycles. The molecule has 2 saturated carbocycles. The molecule has 130 valence electrons. The Labute approximate surface area is 138 Å². The van der Waals surface area contributed by atoms with Gasteiger partial charge < -0.3 is 15.7 Å². The van der Waals surface area contributed by atoms with Gasteiger partial charge in [-0.1, -0.05) is 12.1 Å². The summed E-state index contributed by atoms with van der Waals surface area (Å²) >= 11 is 0. The molecule has 0 atom stereocenters. The van der Waals surface area contributed by atoms with Gasteiger partial charge in [0.1, 0.15) is 5.60 Å². The second-order valence-corrected chi connectivity index (χ2v) is 6.59. The maximum Gasteiger partial charge on any atom is 0.352 e. The number of alkyl halides is 2. The minimum absolute atomic E-state index is 0.0712. The fourth-order valence-corrected chi connectivity index (χ4v) is 2.60. The average molecular weight is 338 g/mol. The van der Waals surface area contributed by atoms with Crippen LogP contribution in [0.2, 0.25) is 0 Å². The van der Waals surface area contributed by atoms with E-state index in [1.165, 1.54) is 0 Å². The predicted octanol–water partition coefficient (Wildman–Crippen LogP) is 1.75. The Kier molecular flexibility index (Phi) is 4.29. The molecule has 1 aromatic carbocycles. The number of halogens is 2. The Morgan fingerprint density at radius 3 is 2.33 bits per heavy atom.